The summed E-state index contributed by atoms with van der Waals surface area (Å²) in [5.41, 5.74) is 2.30. The van der Waals surface area contributed by atoms with Gasteiger partial charge in [0.25, 0.3) is 10.0 Å². The maximum atomic E-state index is 14.1. The molecule has 3 aromatic carbocycles. The minimum Gasteiger partial charge on any atom is -0.352 e. The Hall–Kier alpha value is -3.65. The van der Waals surface area contributed by atoms with Crippen molar-refractivity contribution < 1.29 is 18.0 Å². The van der Waals surface area contributed by atoms with Crippen molar-refractivity contribution in [2.45, 2.75) is 76.9 Å². The number of sulfonamides is 1. The van der Waals surface area contributed by atoms with Crippen LogP contribution in [-0.4, -0.2) is 43.8 Å². The summed E-state index contributed by atoms with van der Waals surface area (Å²) in [6.07, 6.45) is 1.14. The van der Waals surface area contributed by atoms with E-state index in [1.807, 2.05) is 63.2 Å². The molecule has 0 aromatic heterocycles. The first kappa shape index (κ1) is 30.9. The molecule has 2 amide bonds. The molecule has 1 N–H and O–H groups in total. The minimum atomic E-state index is -4.08. The van der Waals surface area contributed by atoms with Gasteiger partial charge in [0.1, 0.15) is 12.6 Å². The van der Waals surface area contributed by atoms with Crippen molar-refractivity contribution in [1.82, 2.24) is 10.2 Å². The van der Waals surface area contributed by atoms with Gasteiger partial charge in [0.05, 0.1) is 10.6 Å². The fourth-order valence-corrected chi connectivity index (χ4v) is 5.85. The summed E-state index contributed by atoms with van der Waals surface area (Å²) in [4.78, 5) is 29.0. The molecule has 0 aliphatic rings. The maximum Gasteiger partial charge on any atom is 0.264 e. The molecule has 0 spiro atoms. The Morgan fingerprint density at radius 2 is 1.38 bits per heavy atom. The summed E-state index contributed by atoms with van der Waals surface area (Å²) in [6, 6.07) is 23.9. The van der Waals surface area contributed by atoms with Crippen molar-refractivity contribution in [3.05, 3.63) is 96.1 Å². The highest BCUT2D eigenvalue weighted by Crippen LogP contribution is 2.27. The lowest BCUT2D eigenvalue weighted by Gasteiger charge is -2.33. The first-order valence-corrected chi connectivity index (χ1v) is 15.3. The number of hydrogen-bond donors (Lipinski definition) is 1. The van der Waals surface area contributed by atoms with Crippen molar-refractivity contribution in [2.75, 3.05) is 10.8 Å². The van der Waals surface area contributed by atoms with Crippen molar-refractivity contribution >= 4 is 27.5 Å². The molecule has 7 nitrogen and oxygen atoms in total. The van der Waals surface area contributed by atoms with Crippen molar-refractivity contribution in [3.8, 4) is 0 Å². The SMILES string of the molecule is CCC(C)NC(=O)C(CC)N(Cc1ccccc1)C(=O)CN(c1ccc(C(C)C)cc1)S(=O)(=O)c1ccccc1. The number of hydrogen-bond acceptors (Lipinski definition) is 4. The van der Waals surface area contributed by atoms with Crippen molar-refractivity contribution in [3.63, 3.8) is 0 Å². The second-order valence-electron chi connectivity index (χ2n) is 10.3. The Morgan fingerprint density at radius 1 is 0.800 bits per heavy atom. The second-order valence-corrected chi connectivity index (χ2v) is 12.2. The van der Waals surface area contributed by atoms with E-state index in [0.29, 0.717) is 12.1 Å². The maximum absolute atomic E-state index is 14.1. The summed E-state index contributed by atoms with van der Waals surface area (Å²) in [7, 11) is -4.08. The zero-order valence-electron chi connectivity index (χ0n) is 24.1. The van der Waals surface area contributed by atoms with Gasteiger partial charge >= 0.3 is 0 Å². The molecule has 0 heterocycles. The molecule has 0 bridgehead atoms. The molecule has 214 valence electrons. The number of nitrogens with one attached hydrogen (secondary N) is 1. The van der Waals surface area contributed by atoms with Gasteiger partial charge < -0.3 is 10.2 Å². The topological polar surface area (TPSA) is 86.8 Å². The van der Waals surface area contributed by atoms with E-state index in [-0.39, 0.29) is 29.3 Å². The Kier molecular flexibility index (Phi) is 10.9. The molecule has 2 unspecified atom stereocenters. The van der Waals surface area contributed by atoms with Gasteiger partial charge in [0, 0.05) is 12.6 Å². The van der Waals surface area contributed by atoms with Gasteiger partial charge in [-0.3, -0.25) is 13.9 Å². The lowest BCUT2D eigenvalue weighted by atomic mass is 10.0. The van der Waals surface area contributed by atoms with Crippen LogP contribution in [0.3, 0.4) is 0 Å². The van der Waals surface area contributed by atoms with Crippen LogP contribution in [0.1, 0.15) is 64.5 Å². The van der Waals surface area contributed by atoms with E-state index >= 15 is 0 Å². The highest BCUT2D eigenvalue weighted by molar-refractivity contribution is 7.92. The summed E-state index contributed by atoms with van der Waals surface area (Å²) >= 11 is 0. The van der Waals surface area contributed by atoms with Gasteiger partial charge in [0.15, 0.2) is 0 Å². The van der Waals surface area contributed by atoms with Gasteiger partial charge in [-0.1, -0.05) is 88.4 Å². The number of anilines is 1. The standard InChI is InChI=1S/C32H41N3O4S/c1-6-25(5)33-32(37)30(7-2)34(22-26-14-10-8-11-15-26)31(36)23-35(28-20-18-27(19-21-28)24(3)4)40(38,39)29-16-12-9-13-17-29/h8-21,24-25,30H,6-7,22-23H2,1-5H3,(H,33,37). The largest absolute Gasteiger partial charge is 0.352 e. The number of nitrogens with zero attached hydrogens (tertiary/aromatic N) is 2. The molecule has 0 saturated heterocycles. The Labute approximate surface area is 239 Å². The number of rotatable bonds is 13. The van der Waals surface area contributed by atoms with Gasteiger partial charge in [0.2, 0.25) is 11.8 Å². The first-order valence-electron chi connectivity index (χ1n) is 13.9. The third kappa shape index (κ3) is 7.72. The number of amides is 2. The predicted molar refractivity (Wildman–Crippen MR) is 160 cm³/mol. The Balaban J connectivity index is 2.04. The first-order chi connectivity index (χ1) is 19.1. The molecule has 2 atom stereocenters. The van der Waals surface area contributed by atoms with Crippen molar-refractivity contribution in [1.29, 1.82) is 0 Å². The van der Waals surface area contributed by atoms with Gasteiger partial charge in [-0.2, -0.15) is 0 Å². The van der Waals surface area contributed by atoms with Crippen LogP contribution in [-0.2, 0) is 26.2 Å². The van der Waals surface area contributed by atoms with Crippen molar-refractivity contribution in [2.24, 2.45) is 0 Å². The van der Waals surface area contributed by atoms with Crippen LogP contribution >= 0.6 is 0 Å². The highest BCUT2D eigenvalue weighted by Gasteiger charge is 2.34. The summed E-state index contributed by atoms with van der Waals surface area (Å²) in [5.74, 6) is -0.437. The van der Waals surface area contributed by atoms with Gasteiger partial charge in [-0.25, -0.2) is 8.42 Å². The highest BCUT2D eigenvalue weighted by atomic mass is 32.2. The molecule has 0 fully saturated rings. The van der Waals surface area contributed by atoms with Crippen LogP contribution < -0.4 is 9.62 Å². The van der Waals surface area contributed by atoms with Gasteiger partial charge in [-0.05, 0) is 61.1 Å². The molecular weight excluding hydrogens is 522 g/mol. The smallest absolute Gasteiger partial charge is 0.264 e. The summed E-state index contributed by atoms with van der Waals surface area (Å²) < 4.78 is 28.9. The Bertz CT molecular complexity index is 1340. The molecule has 8 heteroatoms. The Morgan fingerprint density at radius 3 is 1.90 bits per heavy atom. The number of benzene rings is 3. The molecule has 3 rings (SSSR count). The molecule has 0 saturated carbocycles. The van der Waals surface area contributed by atoms with E-state index in [2.05, 4.69) is 19.2 Å². The zero-order valence-corrected chi connectivity index (χ0v) is 24.9. The van der Waals surface area contributed by atoms with Crippen LogP contribution in [0.4, 0.5) is 5.69 Å². The van der Waals surface area contributed by atoms with E-state index in [9.17, 15) is 18.0 Å². The monoisotopic (exact) mass is 563 g/mol. The van der Waals surface area contributed by atoms with E-state index in [1.54, 1.807) is 30.3 Å². The van der Waals surface area contributed by atoms with Crippen LogP contribution in [0.15, 0.2) is 89.8 Å². The normalized spacial score (nSPS) is 12.9. The van der Waals surface area contributed by atoms with Crippen LogP contribution in [0.25, 0.3) is 0 Å². The fraction of sp³-hybridized carbons (Fsp3) is 0.375. The fourth-order valence-electron chi connectivity index (χ4n) is 4.41. The van der Waals surface area contributed by atoms with Crippen LogP contribution in [0, 0.1) is 0 Å². The van der Waals surface area contributed by atoms with Gasteiger partial charge in [-0.15, -0.1) is 0 Å². The average Bonchev–Trinajstić information content (AvgIpc) is 2.96. The van der Waals surface area contributed by atoms with E-state index in [0.717, 1.165) is 21.9 Å². The molecule has 40 heavy (non-hydrogen) atoms. The number of carbonyl (C=O) groups excluding carboxylic acids is 2. The summed E-state index contributed by atoms with van der Waals surface area (Å²) in [6.45, 7) is 9.62. The van der Waals surface area contributed by atoms with Crippen LogP contribution in [0.5, 0.6) is 0 Å². The minimum absolute atomic E-state index is 0.0512. The molecule has 0 aliphatic heterocycles. The summed E-state index contributed by atoms with van der Waals surface area (Å²) in [5, 5.41) is 2.99. The quantitative estimate of drug-likeness (QED) is 0.288. The second kappa shape index (κ2) is 14.1. The van der Waals surface area contributed by atoms with E-state index in [1.165, 1.54) is 17.0 Å². The average molecular weight is 564 g/mol. The predicted octanol–water partition coefficient (Wildman–Crippen LogP) is 5.73. The molecule has 0 aliphatic carbocycles. The third-order valence-electron chi connectivity index (χ3n) is 7.04. The van der Waals surface area contributed by atoms with Crippen LogP contribution in [0.2, 0.25) is 0 Å². The molecular formula is C32H41N3O4S. The lowest BCUT2D eigenvalue weighted by Crippen LogP contribution is -2.53. The third-order valence-corrected chi connectivity index (χ3v) is 8.83. The lowest BCUT2D eigenvalue weighted by molar-refractivity contribution is -0.140. The van der Waals surface area contributed by atoms with E-state index < -0.39 is 28.5 Å². The molecule has 0 radical (unpaired) electrons. The molecule has 3 aromatic rings. The van der Waals surface area contributed by atoms with E-state index in [4.69, 9.17) is 0 Å². The number of carbonyl (C=O) groups is 2. The zero-order chi connectivity index (χ0) is 29.3.